The van der Waals surface area contributed by atoms with E-state index in [1.165, 1.54) is 0 Å². The summed E-state index contributed by atoms with van der Waals surface area (Å²) in [5.41, 5.74) is 1.05. The van der Waals surface area contributed by atoms with Crippen LogP contribution in [0.1, 0.15) is 50.2 Å². The molecule has 2 atom stereocenters. The average molecular weight is 390 g/mol. The van der Waals surface area contributed by atoms with Crippen LogP contribution in [0.15, 0.2) is 12.4 Å². The number of amides is 3. The Labute approximate surface area is 166 Å². The molecule has 28 heavy (non-hydrogen) atoms. The third kappa shape index (κ3) is 4.32. The maximum atomic E-state index is 12.7. The summed E-state index contributed by atoms with van der Waals surface area (Å²) in [6.07, 6.45) is 9.44. The quantitative estimate of drug-likeness (QED) is 0.823. The van der Waals surface area contributed by atoms with Crippen molar-refractivity contribution >= 4 is 11.9 Å². The molecule has 3 aliphatic heterocycles. The number of rotatable bonds is 4. The van der Waals surface area contributed by atoms with Gasteiger partial charge in [-0.25, -0.2) is 4.79 Å². The first kappa shape index (κ1) is 19.2. The van der Waals surface area contributed by atoms with Gasteiger partial charge in [-0.15, -0.1) is 0 Å². The molecular formula is C20H31N5O3. The van der Waals surface area contributed by atoms with Crippen molar-refractivity contribution in [2.75, 3.05) is 39.3 Å². The molecule has 1 aromatic rings. The zero-order chi connectivity index (χ0) is 19.3. The van der Waals surface area contributed by atoms with E-state index in [1.807, 2.05) is 16.0 Å². The molecule has 0 saturated carbocycles. The van der Waals surface area contributed by atoms with Gasteiger partial charge in [0, 0.05) is 62.9 Å². The molecule has 0 bridgehead atoms. The van der Waals surface area contributed by atoms with E-state index in [0.717, 1.165) is 63.8 Å². The maximum Gasteiger partial charge on any atom is 0.319 e. The van der Waals surface area contributed by atoms with Crippen molar-refractivity contribution in [1.29, 1.82) is 0 Å². The third-order valence-corrected chi connectivity index (χ3v) is 6.34. The summed E-state index contributed by atoms with van der Waals surface area (Å²) in [5.74, 6) is 0.386. The number of urea groups is 1. The first-order valence-corrected chi connectivity index (χ1v) is 10.6. The number of nitrogens with one attached hydrogen (secondary N) is 2. The molecule has 0 unspecified atom stereocenters. The van der Waals surface area contributed by atoms with Gasteiger partial charge in [-0.3, -0.25) is 9.89 Å². The van der Waals surface area contributed by atoms with Crippen LogP contribution in [0.3, 0.4) is 0 Å². The Morgan fingerprint density at radius 2 is 1.86 bits per heavy atom. The molecule has 0 spiro atoms. The van der Waals surface area contributed by atoms with E-state index in [2.05, 4.69) is 15.5 Å². The monoisotopic (exact) mass is 389 g/mol. The molecule has 3 aliphatic rings. The molecular weight excluding hydrogens is 358 g/mol. The van der Waals surface area contributed by atoms with Crippen molar-refractivity contribution in [2.24, 2.45) is 11.8 Å². The van der Waals surface area contributed by atoms with Crippen LogP contribution in [0.4, 0.5) is 4.79 Å². The number of hydrogen-bond acceptors (Lipinski definition) is 4. The number of H-pyrrole nitrogens is 1. The summed E-state index contributed by atoms with van der Waals surface area (Å²) >= 11 is 0. The number of ether oxygens (including phenoxy) is 1. The van der Waals surface area contributed by atoms with Gasteiger partial charge in [-0.2, -0.15) is 5.10 Å². The molecule has 3 saturated heterocycles. The van der Waals surface area contributed by atoms with E-state index in [4.69, 9.17) is 4.74 Å². The second kappa shape index (κ2) is 8.94. The molecule has 4 rings (SSSR count). The summed E-state index contributed by atoms with van der Waals surface area (Å²) in [6.45, 7) is 4.49. The minimum absolute atomic E-state index is 0.000452. The fourth-order valence-electron chi connectivity index (χ4n) is 4.65. The Kier molecular flexibility index (Phi) is 6.14. The molecule has 154 valence electrons. The Morgan fingerprint density at radius 3 is 2.57 bits per heavy atom. The molecule has 0 radical (unpaired) electrons. The molecule has 3 amide bonds. The number of carbonyl (C=O) groups excluding carboxylic acids is 2. The number of aromatic nitrogens is 2. The Hall–Kier alpha value is -2.09. The standard InChI is InChI=1S/C20H31N5O3/c26-19(15-5-9-25(10-6-15)20(27)24-7-1-2-8-24)21-12-16-4-3-11-28-18(16)17-13-22-23-14-17/h13-16,18H,1-12H2,(H,21,26)(H,22,23)/t16-,18+/m0/s1. The number of likely N-dealkylation sites (tertiary alicyclic amines) is 2. The lowest BCUT2D eigenvalue weighted by atomic mass is 9.90. The molecule has 0 aromatic carbocycles. The van der Waals surface area contributed by atoms with Crippen molar-refractivity contribution in [2.45, 2.75) is 44.6 Å². The minimum Gasteiger partial charge on any atom is -0.373 e. The van der Waals surface area contributed by atoms with Gasteiger partial charge in [0.1, 0.15) is 0 Å². The second-order valence-electron chi connectivity index (χ2n) is 8.21. The minimum atomic E-state index is -0.00673. The zero-order valence-electron chi connectivity index (χ0n) is 16.4. The van der Waals surface area contributed by atoms with Gasteiger partial charge in [-0.05, 0) is 38.5 Å². The van der Waals surface area contributed by atoms with E-state index in [1.54, 1.807) is 6.20 Å². The number of hydrogen-bond donors (Lipinski definition) is 2. The topological polar surface area (TPSA) is 90.6 Å². The molecule has 3 fully saturated rings. The normalized spacial score (nSPS) is 26.4. The Bertz CT molecular complexity index is 651. The first-order valence-electron chi connectivity index (χ1n) is 10.6. The summed E-state index contributed by atoms with van der Waals surface area (Å²) in [4.78, 5) is 29.0. The summed E-state index contributed by atoms with van der Waals surface area (Å²) in [6, 6.07) is 0.152. The number of carbonyl (C=O) groups is 2. The van der Waals surface area contributed by atoms with Gasteiger partial charge in [-0.1, -0.05) is 0 Å². The maximum absolute atomic E-state index is 12.7. The molecule has 1 aromatic heterocycles. The number of piperidine rings is 1. The van der Waals surface area contributed by atoms with E-state index in [9.17, 15) is 9.59 Å². The van der Waals surface area contributed by atoms with Crippen molar-refractivity contribution < 1.29 is 14.3 Å². The van der Waals surface area contributed by atoms with Crippen molar-refractivity contribution in [3.63, 3.8) is 0 Å². The lowest BCUT2D eigenvalue weighted by Gasteiger charge is -2.35. The third-order valence-electron chi connectivity index (χ3n) is 6.34. The van der Waals surface area contributed by atoms with Crippen molar-refractivity contribution in [1.82, 2.24) is 25.3 Å². The van der Waals surface area contributed by atoms with Gasteiger partial charge >= 0.3 is 6.03 Å². The highest BCUT2D eigenvalue weighted by Crippen LogP contribution is 2.32. The van der Waals surface area contributed by atoms with Crippen LogP contribution in [-0.4, -0.2) is 71.3 Å². The highest BCUT2D eigenvalue weighted by molar-refractivity contribution is 5.79. The Balaban J connectivity index is 1.23. The summed E-state index contributed by atoms with van der Waals surface area (Å²) in [5, 5.41) is 10.0. The van der Waals surface area contributed by atoms with E-state index < -0.39 is 0 Å². The molecule has 8 nitrogen and oxygen atoms in total. The summed E-state index contributed by atoms with van der Waals surface area (Å²) < 4.78 is 5.94. The van der Waals surface area contributed by atoms with Crippen LogP contribution in [0, 0.1) is 11.8 Å². The predicted molar refractivity (Wildman–Crippen MR) is 104 cm³/mol. The first-order chi connectivity index (χ1) is 13.7. The number of nitrogens with zero attached hydrogens (tertiary/aromatic N) is 3. The van der Waals surface area contributed by atoms with E-state index in [-0.39, 0.29) is 29.9 Å². The van der Waals surface area contributed by atoms with Crippen LogP contribution in [0.25, 0.3) is 0 Å². The van der Waals surface area contributed by atoms with E-state index in [0.29, 0.717) is 19.6 Å². The molecule has 2 N–H and O–H groups in total. The van der Waals surface area contributed by atoms with Crippen LogP contribution in [0.2, 0.25) is 0 Å². The van der Waals surface area contributed by atoms with Gasteiger partial charge in [0.15, 0.2) is 0 Å². The second-order valence-corrected chi connectivity index (χ2v) is 8.21. The fourth-order valence-corrected chi connectivity index (χ4v) is 4.65. The van der Waals surface area contributed by atoms with Gasteiger partial charge < -0.3 is 19.9 Å². The van der Waals surface area contributed by atoms with Gasteiger partial charge in [0.2, 0.25) is 5.91 Å². The highest BCUT2D eigenvalue weighted by Gasteiger charge is 2.32. The van der Waals surface area contributed by atoms with Gasteiger partial charge in [0.05, 0.1) is 12.3 Å². The fraction of sp³-hybridized carbons (Fsp3) is 0.750. The Morgan fingerprint density at radius 1 is 1.11 bits per heavy atom. The summed E-state index contributed by atoms with van der Waals surface area (Å²) in [7, 11) is 0. The lowest BCUT2D eigenvalue weighted by Crippen LogP contribution is -2.48. The largest absolute Gasteiger partial charge is 0.373 e. The van der Waals surface area contributed by atoms with E-state index >= 15 is 0 Å². The number of aromatic amines is 1. The van der Waals surface area contributed by atoms with Crippen LogP contribution in [-0.2, 0) is 9.53 Å². The van der Waals surface area contributed by atoms with Crippen LogP contribution < -0.4 is 5.32 Å². The van der Waals surface area contributed by atoms with Crippen molar-refractivity contribution in [3.8, 4) is 0 Å². The van der Waals surface area contributed by atoms with Crippen molar-refractivity contribution in [3.05, 3.63) is 18.0 Å². The zero-order valence-corrected chi connectivity index (χ0v) is 16.4. The van der Waals surface area contributed by atoms with Gasteiger partial charge in [0.25, 0.3) is 0 Å². The van der Waals surface area contributed by atoms with Crippen LogP contribution in [0.5, 0.6) is 0 Å². The average Bonchev–Trinajstić information content (AvgIpc) is 3.46. The highest BCUT2D eigenvalue weighted by atomic mass is 16.5. The SMILES string of the molecule is O=C(NC[C@@H]1CCCO[C@H]1c1cn[nH]c1)C1CCN(C(=O)N2CCCC2)CC1. The molecule has 0 aliphatic carbocycles. The molecule has 8 heteroatoms. The smallest absolute Gasteiger partial charge is 0.319 e. The predicted octanol–water partition coefficient (Wildman–Crippen LogP) is 1.92. The molecule has 4 heterocycles. The lowest BCUT2D eigenvalue weighted by molar-refractivity contribution is -0.127. The van der Waals surface area contributed by atoms with Crippen LogP contribution >= 0.6 is 0 Å².